The summed E-state index contributed by atoms with van der Waals surface area (Å²) < 4.78 is 13.6. The van der Waals surface area contributed by atoms with E-state index >= 15 is 0 Å². The predicted octanol–water partition coefficient (Wildman–Crippen LogP) is 4.61. The molecule has 0 aliphatic rings. The number of hydrogen-bond acceptors (Lipinski definition) is 1. The van der Waals surface area contributed by atoms with Crippen molar-refractivity contribution >= 4 is 0 Å². The molecule has 0 aliphatic carbocycles. The maximum absolute atomic E-state index is 13.6. The second-order valence-corrected chi connectivity index (χ2v) is 5.66. The van der Waals surface area contributed by atoms with Crippen LogP contribution < -0.4 is 5.32 Å². The number of hydrogen-bond donors (Lipinski definition) is 1. The van der Waals surface area contributed by atoms with Crippen LogP contribution in [0.15, 0.2) is 36.4 Å². The van der Waals surface area contributed by atoms with Gasteiger partial charge >= 0.3 is 0 Å². The Bertz CT molecular complexity index is 602. The van der Waals surface area contributed by atoms with E-state index in [1.54, 1.807) is 6.07 Å². The SMILES string of the molecule is Cc1ccc(-c2cc(F)ccc2CNC(C)C)c(C)c1. The smallest absolute Gasteiger partial charge is 0.123 e. The molecule has 0 bridgehead atoms. The van der Waals surface area contributed by atoms with Crippen molar-refractivity contribution in [3.8, 4) is 11.1 Å². The Morgan fingerprint density at radius 1 is 1.00 bits per heavy atom. The lowest BCUT2D eigenvalue weighted by atomic mass is 9.94. The predicted molar refractivity (Wildman–Crippen MR) is 83.3 cm³/mol. The van der Waals surface area contributed by atoms with Crippen molar-refractivity contribution in [2.45, 2.75) is 40.3 Å². The van der Waals surface area contributed by atoms with Crippen LogP contribution in [0.1, 0.15) is 30.5 Å². The molecule has 0 aromatic heterocycles. The Kier molecular flexibility index (Phi) is 4.56. The molecule has 0 amide bonds. The molecule has 0 spiro atoms. The summed E-state index contributed by atoms with van der Waals surface area (Å²) in [5.41, 5.74) is 5.63. The van der Waals surface area contributed by atoms with Crippen LogP contribution in [0.3, 0.4) is 0 Å². The summed E-state index contributed by atoms with van der Waals surface area (Å²) >= 11 is 0. The standard InChI is InChI=1S/C18H22FN/c1-12(2)20-11-15-6-7-16(19)10-18(15)17-8-5-13(3)9-14(17)4/h5-10,12,20H,11H2,1-4H3. The van der Waals surface area contributed by atoms with E-state index in [4.69, 9.17) is 0 Å². The average Bonchev–Trinajstić information content (AvgIpc) is 2.37. The third-order valence-corrected chi connectivity index (χ3v) is 3.44. The quantitative estimate of drug-likeness (QED) is 0.856. The highest BCUT2D eigenvalue weighted by Gasteiger charge is 2.09. The molecule has 0 unspecified atom stereocenters. The van der Waals surface area contributed by atoms with Crippen molar-refractivity contribution in [2.24, 2.45) is 0 Å². The van der Waals surface area contributed by atoms with E-state index in [-0.39, 0.29) is 5.82 Å². The van der Waals surface area contributed by atoms with Gasteiger partial charge in [0.05, 0.1) is 0 Å². The van der Waals surface area contributed by atoms with Crippen LogP contribution >= 0.6 is 0 Å². The zero-order valence-corrected chi connectivity index (χ0v) is 12.6. The lowest BCUT2D eigenvalue weighted by molar-refractivity contribution is 0.587. The van der Waals surface area contributed by atoms with E-state index in [1.807, 2.05) is 6.07 Å². The van der Waals surface area contributed by atoms with Crippen molar-refractivity contribution < 1.29 is 4.39 Å². The van der Waals surface area contributed by atoms with Crippen molar-refractivity contribution in [2.75, 3.05) is 0 Å². The maximum Gasteiger partial charge on any atom is 0.123 e. The molecule has 2 heteroatoms. The normalized spacial score (nSPS) is 11.1. The third kappa shape index (κ3) is 3.45. The minimum atomic E-state index is -0.187. The number of halogens is 1. The van der Waals surface area contributed by atoms with E-state index in [9.17, 15) is 4.39 Å². The molecule has 0 saturated carbocycles. The Labute approximate surface area is 120 Å². The van der Waals surface area contributed by atoms with Crippen LogP contribution in [0.25, 0.3) is 11.1 Å². The van der Waals surface area contributed by atoms with Gasteiger partial charge in [0.25, 0.3) is 0 Å². The molecular formula is C18H22FN. The van der Waals surface area contributed by atoms with E-state index < -0.39 is 0 Å². The largest absolute Gasteiger partial charge is 0.310 e. The molecule has 0 atom stereocenters. The molecular weight excluding hydrogens is 249 g/mol. The van der Waals surface area contributed by atoms with Crippen molar-refractivity contribution in [1.82, 2.24) is 5.32 Å². The number of aryl methyl sites for hydroxylation is 2. The monoisotopic (exact) mass is 271 g/mol. The van der Waals surface area contributed by atoms with Crippen LogP contribution in [0, 0.1) is 19.7 Å². The molecule has 0 aliphatic heterocycles. The second kappa shape index (κ2) is 6.19. The lowest BCUT2D eigenvalue weighted by Crippen LogP contribution is -2.22. The molecule has 106 valence electrons. The molecule has 2 rings (SSSR count). The topological polar surface area (TPSA) is 12.0 Å². The van der Waals surface area contributed by atoms with Crippen LogP contribution in [-0.2, 0) is 6.54 Å². The second-order valence-electron chi connectivity index (χ2n) is 5.66. The molecule has 20 heavy (non-hydrogen) atoms. The number of benzene rings is 2. The van der Waals surface area contributed by atoms with Gasteiger partial charge < -0.3 is 5.32 Å². The van der Waals surface area contributed by atoms with Gasteiger partial charge in [0.2, 0.25) is 0 Å². The summed E-state index contributed by atoms with van der Waals surface area (Å²) in [6.45, 7) is 9.12. The van der Waals surface area contributed by atoms with Crippen molar-refractivity contribution in [1.29, 1.82) is 0 Å². The first kappa shape index (κ1) is 14.7. The Morgan fingerprint density at radius 3 is 2.40 bits per heavy atom. The van der Waals surface area contributed by atoms with Gasteiger partial charge in [-0.25, -0.2) is 4.39 Å². The van der Waals surface area contributed by atoms with E-state index in [2.05, 4.69) is 51.2 Å². The first-order valence-electron chi connectivity index (χ1n) is 7.07. The van der Waals surface area contributed by atoms with E-state index in [0.717, 1.165) is 23.2 Å². The third-order valence-electron chi connectivity index (χ3n) is 3.44. The summed E-state index contributed by atoms with van der Waals surface area (Å²) in [7, 11) is 0. The minimum absolute atomic E-state index is 0.187. The Hall–Kier alpha value is -1.67. The van der Waals surface area contributed by atoms with Crippen LogP contribution in [0.5, 0.6) is 0 Å². The van der Waals surface area contributed by atoms with Gasteiger partial charge in [0, 0.05) is 12.6 Å². The van der Waals surface area contributed by atoms with Gasteiger partial charge in [-0.05, 0) is 48.2 Å². The van der Waals surface area contributed by atoms with Crippen molar-refractivity contribution in [3.05, 3.63) is 58.9 Å². The fourth-order valence-corrected chi connectivity index (χ4v) is 2.38. The number of nitrogens with one attached hydrogen (secondary N) is 1. The molecule has 1 nitrogen and oxygen atoms in total. The molecule has 0 saturated heterocycles. The number of rotatable bonds is 4. The Balaban J connectivity index is 2.45. The maximum atomic E-state index is 13.6. The van der Waals surface area contributed by atoms with Crippen LogP contribution in [0.4, 0.5) is 4.39 Å². The van der Waals surface area contributed by atoms with E-state index in [0.29, 0.717) is 6.04 Å². The van der Waals surface area contributed by atoms with Gasteiger partial charge in [-0.1, -0.05) is 43.7 Å². The summed E-state index contributed by atoms with van der Waals surface area (Å²) in [5.74, 6) is -0.187. The van der Waals surface area contributed by atoms with Gasteiger partial charge in [-0.2, -0.15) is 0 Å². The fraction of sp³-hybridized carbons (Fsp3) is 0.333. The zero-order chi connectivity index (χ0) is 14.7. The van der Waals surface area contributed by atoms with Gasteiger partial charge in [0.15, 0.2) is 0 Å². The molecule has 0 fully saturated rings. The highest BCUT2D eigenvalue weighted by molar-refractivity contribution is 5.71. The molecule has 0 heterocycles. The Morgan fingerprint density at radius 2 is 1.75 bits per heavy atom. The van der Waals surface area contributed by atoms with Gasteiger partial charge in [-0.15, -0.1) is 0 Å². The first-order valence-corrected chi connectivity index (χ1v) is 7.07. The van der Waals surface area contributed by atoms with Gasteiger partial charge in [0.1, 0.15) is 5.82 Å². The van der Waals surface area contributed by atoms with Gasteiger partial charge in [-0.3, -0.25) is 0 Å². The lowest BCUT2D eigenvalue weighted by Gasteiger charge is -2.15. The highest BCUT2D eigenvalue weighted by atomic mass is 19.1. The minimum Gasteiger partial charge on any atom is -0.310 e. The molecule has 2 aromatic rings. The first-order chi connectivity index (χ1) is 9.47. The summed E-state index contributed by atoms with van der Waals surface area (Å²) in [6.07, 6.45) is 0. The zero-order valence-electron chi connectivity index (χ0n) is 12.6. The fourth-order valence-electron chi connectivity index (χ4n) is 2.38. The average molecular weight is 271 g/mol. The summed E-state index contributed by atoms with van der Waals surface area (Å²) in [6, 6.07) is 11.7. The molecule has 2 aromatic carbocycles. The van der Waals surface area contributed by atoms with Crippen LogP contribution in [-0.4, -0.2) is 6.04 Å². The molecule has 1 N–H and O–H groups in total. The van der Waals surface area contributed by atoms with Crippen LogP contribution in [0.2, 0.25) is 0 Å². The van der Waals surface area contributed by atoms with E-state index in [1.165, 1.54) is 17.2 Å². The highest BCUT2D eigenvalue weighted by Crippen LogP contribution is 2.28. The molecule has 0 radical (unpaired) electrons. The summed E-state index contributed by atoms with van der Waals surface area (Å²) in [5, 5.41) is 3.40. The summed E-state index contributed by atoms with van der Waals surface area (Å²) in [4.78, 5) is 0. The van der Waals surface area contributed by atoms with Crippen molar-refractivity contribution in [3.63, 3.8) is 0 Å².